The van der Waals surface area contributed by atoms with Crippen LogP contribution in [0.2, 0.25) is 5.02 Å². The van der Waals surface area contributed by atoms with Gasteiger partial charge >= 0.3 is 0 Å². The molecule has 126 valence electrons. The average molecular weight is 382 g/mol. The molecule has 1 heterocycles. The van der Waals surface area contributed by atoms with Crippen LogP contribution in [0.3, 0.4) is 0 Å². The molecule has 0 aliphatic carbocycles. The molecule has 1 aromatic carbocycles. The Bertz CT molecular complexity index is 740. The fourth-order valence-corrected chi connectivity index (χ4v) is 3.77. The highest BCUT2D eigenvalue weighted by Crippen LogP contribution is 2.39. The van der Waals surface area contributed by atoms with E-state index in [4.69, 9.17) is 39.7 Å². The first-order valence-corrected chi connectivity index (χ1v) is 8.90. The minimum absolute atomic E-state index is 0.0916. The summed E-state index contributed by atoms with van der Waals surface area (Å²) >= 11 is 12.8. The zero-order chi connectivity index (χ0) is 17.7. The van der Waals surface area contributed by atoms with Gasteiger partial charge in [-0.05, 0) is 37.6 Å². The van der Waals surface area contributed by atoms with E-state index in [-0.39, 0.29) is 12.5 Å². The van der Waals surface area contributed by atoms with Crippen LogP contribution in [0.4, 0.5) is 0 Å². The van der Waals surface area contributed by atoms with E-state index in [1.807, 2.05) is 13.8 Å². The number of rotatable bonds is 6. The summed E-state index contributed by atoms with van der Waals surface area (Å²) in [6, 6.07) is 3.47. The third kappa shape index (κ3) is 4.04. The number of nitrogens with zero attached hydrogens (tertiary/aromatic N) is 1. The van der Waals surface area contributed by atoms with Gasteiger partial charge in [0, 0.05) is 6.54 Å². The number of thioether (sulfide) groups is 1. The van der Waals surface area contributed by atoms with Crippen molar-refractivity contribution in [2.75, 3.05) is 19.8 Å². The van der Waals surface area contributed by atoms with E-state index in [2.05, 4.69) is 5.92 Å². The SMILES string of the molecule is C#CCOc1c(Cl)cc(C=C2SC(=S)N(CC)C2=O)cc1OCC. The zero-order valence-corrected chi connectivity index (χ0v) is 15.7. The van der Waals surface area contributed by atoms with Crippen LogP contribution in [0.1, 0.15) is 19.4 Å². The van der Waals surface area contributed by atoms with Gasteiger partial charge in [0.05, 0.1) is 16.5 Å². The second-order valence-electron chi connectivity index (χ2n) is 4.68. The van der Waals surface area contributed by atoms with Crippen molar-refractivity contribution in [3.05, 3.63) is 27.6 Å². The summed E-state index contributed by atoms with van der Waals surface area (Å²) in [5.41, 5.74) is 0.730. The summed E-state index contributed by atoms with van der Waals surface area (Å²) in [5, 5.41) is 0.369. The largest absolute Gasteiger partial charge is 0.490 e. The fourth-order valence-electron chi connectivity index (χ4n) is 2.11. The molecule has 4 nitrogen and oxygen atoms in total. The van der Waals surface area contributed by atoms with Gasteiger partial charge in [-0.1, -0.05) is 41.5 Å². The molecule has 1 fully saturated rings. The Morgan fingerprint density at radius 3 is 2.75 bits per heavy atom. The normalized spacial score (nSPS) is 15.8. The molecule has 0 bridgehead atoms. The Morgan fingerprint density at radius 2 is 2.17 bits per heavy atom. The number of carbonyl (C=O) groups is 1. The van der Waals surface area contributed by atoms with Crippen molar-refractivity contribution in [2.24, 2.45) is 0 Å². The van der Waals surface area contributed by atoms with Crippen LogP contribution in [-0.4, -0.2) is 34.9 Å². The highest BCUT2D eigenvalue weighted by Gasteiger charge is 2.30. The Kier molecular flexibility index (Phi) is 6.55. The minimum atomic E-state index is -0.103. The van der Waals surface area contributed by atoms with Crippen molar-refractivity contribution in [1.29, 1.82) is 0 Å². The van der Waals surface area contributed by atoms with Gasteiger partial charge in [0.15, 0.2) is 11.5 Å². The molecule has 1 saturated heterocycles. The Labute approximate surface area is 156 Å². The number of carbonyl (C=O) groups excluding carboxylic acids is 1. The lowest BCUT2D eigenvalue weighted by atomic mass is 10.1. The number of ether oxygens (including phenoxy) is 2. The number of halogens is 1. The summed E-state index contributed by atoms with van der Waals surface area (Å²) in [4.78, 5) is 14.4. The first-order valence-electron chi connectivity index (χ1n) is 7.29. The van der Waals surface area contributed by atoms with Crippen molar-refractivity contribution < 1.29 is 14.3 Å². The van der Waals surface area contributed by atoms with E-state index in [1.165, 1.54) is 11.8 Å². The van der Waals surface area contributed by atoms with Crippen LogP contribution in [0.5, 0.6) is 11.5 Å². The molecule has 2 rings (SSSR count). The summed E-state index contributed by atoms with van der Waals surface area (Å²) < 4.78 is 11.6. The van der Waals surface area contributed by atoms with Gasteiger partial charge in [0.25, 0.3) is 5.91 Å². The summed E-state index contributed by atoms with van der Waals surface area (Å²) in [5.74, 6) is 3.17. The van der Waals surface area contributed by atoms with Gasteiger partial charge in [0.2, 0.25) is 0 Å². The summed E-state index contributed by atoms with van der Waals surface area (Å²) in [6.45, 7) is 4.83. The summed E-state index contributed by atoms with van der Waals surface area (Å²) in [7, 11) is 0. The van der Waals surface area contributed by atoms with E-state index in [0.29, 0.717) is 38.9 Å². The van der Waals surface area contributed by atoms with Gasteiger partial charge in [-0.25, -0.2) is 0 Å². The first kappa shape index (κ1) is 18.7. The second-order valence-corrected chi connectivity index (χ2v) is 6.76. The maximum Gasteiger partial charge on any atom is 0.266 e. The molecule has 0 aromatic heterocycles. The number of benzene rings is 1. The number of hydrogen-bond donors (Lipinski definition) is 0. The Morgan fingerprint density at radius 1 is 1.42 bits per heavy atom. The maximum atomic E-state index is 12.3. The third-order valence-corrected chi connectivity index (χ3v) is 4.78. The standard InChI is InChI=1S/C17H16ClNO3S2/c1-4-7-22-15-12(18)8-11(9-13(15)21-6-3)10-14-16(20)19(5-2)17(23)24-14/h1,8-10H,5-7H2,2-3H3. The molecular formula is C17H16ClNO3S2. The van der Waals surface area contributed by atoms with Crippen LogP contribution >= 0.6 is 35.6 Å². The van der Waals surface area contributed by atoms with Gasteiger partial charge in [0.1, 0.15) is 10.9 Å². The fraction of sp³-hybridized carbons (Fsp3) is 0.294. The van der Waals surface area contributed by atoms with Crippen molar-refractivity contribution >= 4 is 51.9 Å². The van der Waals surface area contributed by atoms with Crippen LogP contribution < -0.4 is 9.47 Å². The van der Waals surface area contributed by atoms with Crippen molar-refractivity contribution in [3.8, 4) is 23.8 Å². The van der Waals surface area contributed by atoms with Crippen LogP contribution in [0.25, 0.3) is 6.08 Å². The second kappa shape index (κ2) is 8.43. The van der Waals surface area contributed by atoms with E-state index in [9.17, 15) is 4.79 Å². The van der Waals surface area contributed by atoms with Crippen molar-refractivity contribution in [1.82, 2.24) is 4.90 Å². The number of likely N-dealkylation sites (N-methyl/N-ethyl adjacent to an activating group) is 1. The molecule has 0 radical (unpaired) electrons. The van der Waals surface area contributed by atoms with Gasteiger partial charge in [-0.3, -0.25) is 9.69 Å². The predicted molar refractivity (Wildman–Crippen MR) is 103 cm³/mol. The number of terminal acetylenes is 1. The lowest BCUT2D eigenvalue weighted by molar-refractivity contribution is -0.121. The zero-order valence-electron chi connectivity index (χ0n) is 13.3. The molecule has 7 heteroatoms. The Hall–Kier alpha value is -1.68. The lowest BCUT2D eigenvalue weighted by Gasteiger charge is -2.13. The van der Waals surface area contributed by atoms with E-state index < -0.39 is 0 Å². The van der Waals surface area contributed by atoms with Gasteiger partial charge in [-0.15, -0.1) is 6.42 Å². The number of amides is 1. The van der Waals surface area contributed by atoms with Crippen LogP contribution in [-0.2, 0) is 4.79 Å². The molecule has 24 heavy (non-hydrogen) atoms. The average Bonchev–Trinajstić information content (AvgIpc) is 2.80. The molecule has 0 saturated carbocycles. The highest BCUT2D eigenvalue weighted by molar-refractivity contribution is 8.26. The van der Waals surface area contributed by atoms with Gasteiger partial charge in [-0.2, -0.15) is 0 Å². The molecule has 0 N–H and O–H groups in total. The van der Waals surface area contributed by atoms with E-state index in [1.54, 1.807) is 23.1 Å². The van der Waals surface area contributed by atoms with Crippen molar-refractivity contribution in [2.45, 2.75) is 13.8 Å². The molecule has 0 unspecified atom stereocenters. The molecule has 0 atom stereocenters. The minimum Gasteiger partial charge on any atom is -0.490 e. The first-order chi connectivity index (χ1) is 11.5. The molecule has 0 spiro atoms. The highest BCUT2D eigenvalue weighted by atomic mass is 35.5. The summed E-state index contributed by atoms with van der Waals surface area (Å²) in [6.07, 6.45) is 6.96. The van der Waals surface area contributed by atoms with E-state index >= 15 is 0 Å². The number of hydrogen-bond acceptors (Lipinski definition) is 5. The molecule has 1 aromatic rings. The molecule has 1 amide bonds. The topological polar surface area (TPSA) is 38.8 Å². The molecule has 1 aliphatic heterocycles. The third-order valence-electron chi connectivity index (χ3n) is 3.12. The van der Waals surface area contributed by atoms with Crippen molar-refractivity contribution in [3.63, 3.8) is 0 Å². The van der Waals surface area contributed by atoms with E-state index in [0.717, 1.165) is 5.56 Å². The molecular weight excluding hydrogens is 366 g/mol. The Balaban J connectivity index is 2.38. The predicted octanol–water partition coefficient (Wildman–Crippen LogP) is 3.97. The molecule has 1 aliphatic rings. The van der Waals surface area contributed by atoms with Crippen LogP contribution in [0.15, 0.2) is 17.0 Å². The maximum absolute atomic E-state index is 12.3. The quantitative estimate of drug-likeness (QED) is 0.423. The number of thiocarbonyl (C=S) groups is 1. The van der Waals surface area contributed by atoms with Gasteiger partial charge < -0.3 is 9.47 Å². The lowest BCUT2D eigenvalue weighted by Crippen LogP contribution is -2.27. The monoisotopic (exact) mass is 381 g/mol. The smallest absolute Gasteiger partial charge is 0.266 e. The van der Waals surface area contributed by atoms with Crippen LogP contribution in [0, 0.1) is 12.3 Å².